The molecule has 0 aromatic rings. The third-order valence-corrected chi connectivity index (χ3v) is 3.10. The van der Waals surface area contributed by atoms with Crippen molar-refractivity contribution in [2.45, 2.75) is 44.8 Å². The zero-order chi connectivity index (χ0) is 10.8. The van der Waals surface area contributed by atoms with Gasteiger partial charge in [-0.15, -0.1) is 0 Å². The fourth-order valence-corrected chi connectivity index (χ4v) is 2.30. The summed E-state index contributed by atoms with van der Waals surface area (Å²) in [4.78, 5) is 22.6. The second-order valence-corrected chi connectivity index (χ2v) is 4.18. The molecule has 15 heavy (non-hydrogen) atoms. The fraction of sp³-hybridized carbons (Fsp3) is 0.818. The number of carbonyl (C=O) groups excluding carboxylic acids is 2. The summed E-state index contributed by atoms with van der Waals surface area (Å²) in [6.45, 7) is 1.96. The van der Waals surface area contributed by atoms with Crippen molar-refractivity contribution in [2.24, 2.45) is 5.92 Å². The molecule has 1 aliphatic carbocycles. The van der Waals surface area contributed by atoms with Crippen molar-refractivity contribution in [3.8, 4) is 0 Å². The van der Waals surface area contributed by atoms with Crippen LogP contribution in [0, 0.1) is 5.92 Å². The first-order valence-electron chi connectivity index (χ1n) is 5.57. The molecule has 0 aromatic carbocycles. The molecule has 1 saturated carbocycles. The summed E-state index contributed by atoms with van der Waals surface area (Å²) < 4.78 is 10.1. The van der Waals surface area contributed by atoms with Crippen LogP contribution >= 0.6 is 0 Å². The van der Waals surface area contributed by atoms with E-state index < -0.39 is 11.8 Å². The van der Waals surface area contributed by atoms with Gasteiger partial charge in [-0.1, -0.05) is 6.42 Å². The molecule has 0 amide bonds. The summed E-state index contributed by atoms with van der Waals surface area (Å²) in [5, 5.41) is 0. The normalized spacial score (nSPS) is 33.0. The average molecular weight is 212 g/mol. The number of Topliss-reactive ketones (excluding diaryl/α,β-unsaturated/α-hetero) is 1. The number of carbonyl (C=O) groups is 2. The van der Waals surface area contributed by atoms with Crippen molar-refractivity contribution >= 4 is 11.8 Å². The van der Waals surface area contributed by atoms with E-state index in [9.17, 15) is 9.59 Å². The van der Waals surface area contributed by atoms with Gasteiger partial charge in [0.15, 0.2) is 0 Å². The number of ether oxygens (including phenoxy) is 2. The summed E-state index contributed by atoms with van der Waals surface area (Å²) in [7, 11) is 0. The zero-order valence-corrected chi connectivity index (χ0v) is 8.90. The maximum Gasteiger partial charge on any atom is 0.374 e. The molecule has 1 saturated heterocycles. The molecule has 2 rings (SSSR count). The molecule has 1 heterocycles. The van der Waals surface area contributed by atoms with E-state index in [0.29, 0.717) is 12.5 Å². The second-order valence-electron chi connectivity index (χ2n) is 4.18. The maximum atomic E-state index is 11.4. The summed E-state index contributed by atoms with van der Waals surface area (Å²) >= 11 is 0. The van der Waals surface area contributed by atoms with Crippen molar-refractivity contribution in [1.29, 1.82) is 0 Å². The van der Waals surface area contributed by atoms with E-state index in [1.54, 1.807) is 6.92 Å². The molecule has 4 heteroatoms. The van der Waals surface area contributed by atoms with E-state index in [2.05, 4.69) is 4.74 Å². The Morgan fingerprint density at radius 3 is 2.93 bits per heavy atom. The van der Waals surface area contributed by atoms with Gasteiger partial charge in [0.1, 0.15) is 0 Å². The van der Waals surface area contributed by atoms with Crippen molar-refractivity contribution in [3.05, 3.63) is 0 Å². The fourth-order valence-electron chi connectivity index (χ4n) is 2.30. The summed E-state index contributed by atoms with van der Waals surface area (Å²) in [6, 6.07) is 0. The first-order valence-corrected chi connectivity index (χ1v) is 5.57. The monoisotopic (exact) mass is 212 g/mol. The Kier molecular flexibility index (Phi) is 3.05. The van der Waals surface area contributed by atoms with Crippen molar-refractivity contribution < 1.29 is 19.1 Å². The topological polar surface area (TPSA) is 55.9 Å². The lowest BCUT2D eigenvalue weighted by Crippen LogP contribution is -2.25. The van der Waals surface area contributed by atoms with Crippen LogP contribution in [0.1, 0.15) is 32.6 Å². The van der Waals surface area contributed by atoms with Gasteiger partial charge in [-0.3, -0.25) is 4.79 Å². The highest BCUT2D eigenvalue weighted by atomic mass is 16.6. The molecular formula is C11H16O4. The number of ketones is 1. The smallest absolute Gasteiger partial charge is 0.374 e. The minimum Gasteiger partial charge on any atom is -0.460 e. The van der Waals surface area contributed by atoms with E-state index in [1.165, 1.54) is 0 Å². The van der Waals surface area contributed by atoms with Crippen LogP contribution in [-0.4, -0.2) is 30.6 Å². The lowest BCUT2D eigenvalue weighted by Gasteiger charge is -2.16. The van der Waals surface area contributed by atoms with Crippen LogP contribution in [-0.2, 0) is 19.1 Å². The van der Waals surface area contributed by atoms with Gasteiger partial charge in [0.2, 0.25) is 5.78 Å². The lowest BCUT2D eigenvalue weighted by molar-refractivity contribution is -0.154. The van der Waals surface area contributed by atoms with Gasteiger partial charge in [0.25, 0.3) is 0 Å². The summed E-state index contributed by atoms with van der Waals surface area (Å²) in [5.74, 6) is -0.862. The molecule has 2 fully saturated rings. The Bertz CT molecular complexity index is 274. The number of fused-ring (bicyclic) bond motifs is 1. The van der Waals surface area contributed by atoms with Gasteiger partial charge < -0.3 is 9.47 Å². The highest BCUT2D eigenvalue weighted by Crippen LogP contribution is 2.42. The minimum atomic E-state index is -0.694. The number of rotatable bonds is 4. The van der Waals surface area contributed by atoms with Crippen LogP contribution in [0.4, 0.5) is 0 Å². The van der Waals surface area contributed by atoms with Gasteiger partial charge in [-0.25, -0.2) is 4.79 Å². The summed E-state index contributed by atoms with van der Waals surface area (Å²) in [5.41, 5.74) is 0. The van der Waals surface area contributed by atoms with Gasteiger partial charge in [0.05, 0.1) is 18.8 Å². The van der Waals surface area contributed by atoms with Gasteiger partial charge in [-0.05, 0) is 25.7 Å². The largest absolute Gasteiger partial charge is 0.460 e. The Morgan fingerprint density at radius 2 is 2.20 bits per heavy atom. The van der Waals surface area contributed by atoms with Crippen molar-refractivity contribution in [2.75, 3.05) is 6.61 Å². The van der Waals surface area contributed by atoms with Crippen molar-refractivity contribution in [3.63, 3.8) is 0 Å². The molecule has 0 unspecified atom stereocenters. The van der Waals surface area contributed by atoms with Gasteiger partial charge >= 0.3 is 5.97 Å². The average Bonchev–Trinajstić information content (AvgIpc) is 2.98. The predicted molar refractivity (Wildman–Crippen MR) is 52.3 cm³/mol. The second kappa shape index (κ2) is 4.31. The molecule has 0 N–H and O–H groups in total. The molecule has 2 aliphatic rings. The molecule has 1 aliphatic heterocycles. The molecule has 84 valence electrons. The van der Waals surface area contributed by atoms with Crippen LogP contribution in [0.3, 0.4) is 0 Å². The Morgan fingerprint density at radius 1 is 1.40 bits per heavy atom. The van der Waals surface area contributed by atoms with Crippen LogP contribution in [0.5, 0.6) is 0 Å². The molecule has 0 radical (unpaired) electrons. The Labute approximate surface area is 88.9 Å². The number of epoxide rings is 1. The third-order valence-electron chi connectivity index (χ3n) is 3.10. The number of esters is 1. The maximum absolute atomic E-state index is 11.4. The quantitative estimate of drug-likeness (QED) is 0.397. The van der Waals surface area contributed by atoms with Crippen LogP contribution in [0.25, 0.3) is 0 Å². The SMILES string of the molecule is CCOC(=O)C(=O)C[C@@H]1CCC[C@H]2O[C@@H]12. The van der Waals surface area contributed by atoms with Gasteiger partial charge in [0, 0.05) is 6.42 Å². The number of hydrogen-bond acceptors (Lipinski definition) is 4. The molecule has 3 atom stereocenters. The minimum absolute atomic E-state index is 0.233. The zero-order valence-electron chi connectivity index (χ0n) is 8.90. The lowest BCUT2D eigenvalue weighted by atomic mass is 9.86. The molecule has 0 spiro atoms. The Hall–Kier alpha value is -0.900. The van der Waals surface area contributed by atoms with E-state index >= 15 is 0 Å². The van der Waals surface area contributed by atoms with E-state index in [-0.39, 0.29) is 18.6 Å². The molecule has 4 nitrogen and oxygen atoms in total. The summed E-state index contributed by atoms with van der Waals surface area (Å²) in [6.07, 6.45) is 4.08. The first kappa shape index (κ1) is 10.6. The van der Waals surface area contributed by atoms with Crippen LogP contribution in [0.2, 0.25) is 0 Å². The highest BCUT2D eigenvalue weighted by Gasteiger charge is 2.47. The van der Waals surface area contributed by atoms with Gasteiger partial charge in [-0.2, -0.15) is 0 Å². The van der Waals surface area contributed by atoms with Crippen molar-refractivity contribution in [1.82, 2.24) is 0 Å². The van der Waals surface area contributed by atoms with Crippen LogP contribution in [0.15, 0.2) is 0 Å². The number of hydrogen-bond donors (Lipinski definition) is 0. The molecular weight excluding hydrogens is 196 g/mol. The molecule has 0 aromatic heterocycles. The third kappa shape index (κ3) is 2.37. The van der Waals surface area contributed by atoms with E-state index in [0.717, 1.165) is 19.3 Å². The first-order chi connectivity index (χ1) is 7.22. The highest BCUT2D eigenvalue weighted by molar-refractivity contribution is 6.33. The van der Waals surface area contributed by atoms with Crippen LogP contribution < -0.4 is 0 Å². The Balaban J connectivity index is 1.80. The standard InChI is InChI=1S/C11H16O4/c1-2-14-11(13)8(12)6-7-4-3-5-9-10(7)15-9/h7,9-10H,2-6H2,1H3/t7-,9+,10-/m0/s1. The van der Waals surface area contributed by atoms with E-state index in [4.69, 9.17) is 4.74 Å². The predicted octanol–water partition coefficient (Wildman–Crippen LogP) is 1.08. The van der Waals surface area contributed by atoms with E-state index in [1.807, 2.05) is 0 Å². The molecule has 0 bridgehead atoms.